The highest BCUT2D eigenvalue weighted by atomic mass is 16.6. The highest BCUT2D eigenvalue weighted by Gasteiger charge is 2.29. The van der Waals surface area contributed by atoms with Crippen LogP contribution in [0.15, 0.2) is 12.1 Å². The number of nitrogens with two attached hydrogens (primary N) is 1. The van der Waals surface area contributed by atoms with E-state index in [0.717, 1.165) is 5.56 Å². The molecule has 168 valence electrons. The summed E-state index contributed by atoms with van der Waals surface area (Å²) < 4.78 is 16.0. The number of nitrogen functional groups attached to an aromatic ring is 1. The van der Waals surface area contributed by atoms with Crippen molar-refractivity contribution in [2.24, 2.45) is 0 Å². The van der Waals surface area contributed by atoms with Crippen LogP contribution < -0.4 is 15.8 Å². The second kappa shape index (κ2) is 9.82. The molecule has 0 heterocycles. The maximum atomic E-state index is 12.5. The van der Waals surface area contributed by atoms with Crippen LogP contribution in [0.1, 0.15) is 65.5 Å². The number of rotatable bonds is 6. The maximum absolute atomic E-state index is 12.5. The second-order valence-corrected chi connectivity index (χ2v) is 9.15. The molecule has 8 heteroatoms. The molecule has 0 fully saturated rings. The molecule has 0 aromatic heterocycles. The Morgan fingerprint density at radius 1 is 0.967 bits per heavy atom. The standard InChI is InChI=1S/C22H34N2O6/c1-13-14(2)17(11-9-15(13)23)28-20(27)24-16(19(26)30-22(6,7)8)10-12-18(25)29-21(3,4)5/h9,11,16H,10,12,23H2,1-8H3,(H,24,27). The average molecular weight is 423 g/mol. The van der Waals surface area contributed by atoms with Crippen molar-refractivity contribution < 1.29 is 28.6 Å². The summed E-state index contributed by atoms with van der Waals surface area (Å²) >= 11 is 0. The normalized spacial score (nSPS) is 12.7. The number of ether oxygens (including phenoxy) is 3. The lowest BCUT2D eigenvalue weighted by Gasteiger charge is -2.25. The number of anilines is 1. The number of hydrogen-bond donors (Lipinski definition) is 2. The van der Waals surface area contributed by atoms with Gasteiger partial charge in [0.15, 0.2) is 0 Å². The van der Waals surface area contributed by atoms with Crippen molar-refractivity contribution in [3.8, 4) is 5.75 Å². The Kier molecular flexibility index (Phi) is 8.27. The summed E-state index contributed by atoms with van der Waals surface area (Å²) in [6, 6.07) is 2.15. The minimum absolute atomic E-state index is 0.0126. The third kappa shape index (κ3) is 8.71. The Balaban J connectivity index is 2.88. The van der Waals surface area contributed by atoms with Gasteiger partial charge in [-0.2, -0.15) is 0 Å². The second-order valence-electron chi connectivity index (χ2n) is 9.15. The molecule has 1 atom stereocenters. The zero-order valence-corrected chi connectivity index (χ0v) is 19.2. The van der Waals surface area contributed by atoms with Crippen molar-refractivity contribution in [1.82, 2.24) is 5.32 Å². The molecular formula is C22H34N2O6. The van der Waals surface area contributed by atoms with Crippen LogP contribution in [0.3, 0.4) is 0 Å². The largest absolute Gasteiger partial charge is 0.460 e. The average Bonchev–Trinajstić information content (AvgIpc) is 2.56. The number of carbonyl (C=O) groups is 3. The van der Waals surface area contributed by atoms with Gasteiger partial charge in [0.2, 0.25) is 0 Å². The first kappa shape index (κ1) is 25.3. The third-order valence-corrected chi connectivity index (χ3v) is 4.02. The molecule has 1 aromatic carbocycles. The molecule has 0 aliphatic rings. The molecule has 0 aliphatic heterocycles. The van der Waals surface area contributed by atoms with Gasteiger partial charge in [-0.1, -0.05) is 0 Å². The zero-order chi connectivity index (χ0) is 23.3. The molecule has 1 rings (SSSR count). The Bertz CT molecular complexity index is 790. The summed E-state index contributed by atoms with van der Waals surface area (Å²) in [4.78, 5) is 37.0. The van der Waals surface area contributed by atoms with Crippen LogP contribution in [0.2, 0.25) is 0 Å². The van der Waals surface area contributed by atoms with Crippen LogP contribution in [0.25, 0.3) is 0 Å². The lowest BCUT2D eigenvalue weighted by molar-refractivity contribution is -0.158. The van der Waals surface area contributed by atoms with E-state index in [2.05, 4.69) is 5.32 Å². The Labute approximate surface area is 178 Å². The van der Waals surface area contributed by atoms with Gasteiger partial charge in [0, 0.05) is 12.1 Å². The molecule has 0 spiro atoms. The number of esters is 2. The summed E-state index contributed by atoms with van der Waals surface area (Å²) in [5.41, 5.74) is 6.56. The van der Waals surface area contributed by atoms with Gasteiger partial charge in [-0.3, -0.25) is 4.79 Å². The van der Waals surface area contributed by atoms with Crippen molar-refractivity contribution in [2.75, 3.05) is 5.73 Å². The Hall–Kier alpha value is -2.77. The molecule has 1 amide bonds. The van der Waals surface area contributed by atoms with Gasteiger partial charge in [0.1, 0.15) is 23.0 Å². The highest BCUT2D eigenvalue weighted by Crippen LogP contribution is 2.25. The first-order valence-electron chi connectivity index (χ1n) is 9.88. The molecule has 3 N–H and O–H groups in total. The van der Waals surface area contributed by atoms with E-state index in [9.17, 15) is 14.4 Å². The van der Waals surface area contributed by atoms with Crippen LogP contribution in [0.5, 0.6) is 5.75 Å². The maximum Gasteiger partial charge on any atom is 0.413 e. The topological polar surface area (TPSA) is 117 Å². The fraction of sp³-hybridized carbons (Fsp3) is 0.591. The van der Waals surface area contributed by atoms with Crippen molar-refractivity contribution >= 4 is 23.7 Å². The highest BCUT2D eigenvalue weighted by molar-refractivity contribution is 5.83. The first-order chi connectivity index (χ1) is 13.6. The molecule has 0 saturated carbocycles. The van der Waals surface area contributed by atoms with Crippen LogP contribution in [0, 0.1) is 13.8 Å². The van der Waals surface area contributed by atoms with Gasteiger partial charge in [-0.15, -0.1) is 0 Å². The van der Waals surface area contributed by atoms with Crippen LogP contribution in [-0.4, -0.2) is 35.3 Å². The fourth-order valence-corrected chi connectivity index (χ4v) is 2.48. The number of amides is 1. The first-order valence-corrected chi connectivity index (χ1v) is 9.88. The zero-order valence-electron chi connectivity index (χ0n) is 19.2. The molecular weight excluding hydrogens is 388 g/mol. The molecule has 0 bridgehead atoms. The number of nitrogens with one attached hydrogen (secondary N) is 1. The van der Waals surface area contributed by atoms with Gasteiger partial charge in [0.25, 0.3) is 0 Å². The molecule has 0 aliphatic carbocycles. The van der Waals surface area contributed by atoms with Crippen LogP contribution in [0.4, 0.5) is 10.5 Å². The number of hydrogen-bond acceptors (Lipinski definition) is 7. The van der Waals surface area contributed by atoms with E-state index in [0.29, 0.717) is 17.0 Å². The smallest absolute Gasteiger partial charge is 0.413 e. The minimum Gasteiger partial charge on any atom is -0.460 e. The molecule has 1 unspecified atom stereocenters. The fourth-order valence-electron chi connectivity index (χ4n) is 2.48. The summed E-state index contributed by atoms with van der Waals surface area (Å²) in [6.07, 6.45) is -0.887. The quantitative estimate of drug-likeness (QED) is 0.529. The van der Waals surface area contributed by atoms with E-state index in [1.165, 1.54) is 0 Å². The van der Waals surface area contributed by atoms with Crippen LogP contribution in [-0.2, 0) is 19.1 Å². The van der Waals surface area contributed by atoms with Crippen molar-refractivity contribution in [2.45, 2.75) is 85.5 Å². The number of carbonyl (C=O) groups excluding carboxylic acids is 3. The summed E-state index contributed by atoms with van der Waals surface area (Å²) in [5, 5.41) is 2.49. The van der Waals surface area contributed by atoms with Gasteiger partial charge < -0.3 is 25.3 Å². The van der Waals surface area contributed by atoms with E-state index in [1.54, 1.807) is 60.6 Å². The van der Waals surface area contributed by atoms with Gasteiger partial charge in [0.05, 0.1) is 0 Å². The molecule has 0 saturated heterocycles. The minimum atomic E-state index is -1.07. The van der Waals surface area contributed by atoms with Gasteiger partial charge in [-0.05, 0) is 85.1 Å². The monoisotopic (exact) mass is 422 g/mol. The molecule has 8 nitrogen and oxygen atoms in total. The third-order valence-electron chi connectivity index (χ3n) is 4.02. The lowest BCUT2D eigenvalue weighted by Crippen LogP contribution is -2.45. The lowest BCUT2D eigenvalue weighted by atomic mass is 10.1. The molecule has 30 heavy (non-hydrogen) atoms. The van der Waals surface area contributed by atoms with E-state index in [4.69, 9.17) is 19.9 Å². The summed E-state index contributed by atoms with van der Waals surface area (Å²) in [5.74, 6) is -0.807. The van der Waals surface area contributed by atoms with Crippen molar-refractivity contribution in [3.63, 3.8) is 0 Å². The van der Waals surface area contributed by atoms with Gasteiger partial charge in [-0.25, -0.2) is 9.59 Å². The Morgan fingerprint density at radius 3 is 2.07 bits per heavy atom. The van der Waals surface area contributed by atoms with E-state index in [-0.39, 0.29) is 12.8 Å². The van der Waals surface area contributed by atoms with Gasteiger partial charge >= 0.3 is 18.0 Å². The van der Waals surface area contributed by atoms with Crippen LogP contribution >= 0.6 is 0 Å². The predicted molar refractivity (Wildman–Crippen MR) is 114 cm³/mol. The SMILES string of the molecule is Cc1c(N)ccc(OC(=O)NC(CCC(=O)OC(C)(C)C)C(=O)OC(C)(C)C)c1C. The van der Waals surface area contributed by atoms with E-state index < -0.39 is 35.3 Å². The predicted octanol–water partition coefficient (Wildman–Crippen LogP) is 3.81. The summed E-state index contributed by atoms with van der Waals surface area (Å²) in [6.45, 7) is 14.0. The number of benzene rings is 1. The molecule has 0 radical (unpaired) electrons. The van der Waals surface area contributed by atoms with E-state index in [1.807, 2.05) is 6.92 Å². The Morgan fingerprint density at radius 2 is 1.53 bits per heavy atom. The summed E-state index contributed by atoms with van der Waals surface area (Å²) in [7, 11) is 0. The van der Waals surface area contributed by atoms with Crippen molar-refractivity contribution in [1.29, 1.82) is 0 Å². The molecule has 1 aromatic rings. The van der Waals surface area contributed by atoms with E-state index >= 15 is 0 Å². The van der Waals surface area contributed by atoms with Crippen molar-refractivity contribution in [3.05, 3.63) is 23.3 Å².